The maximum Gasteiger partial charge on any atom is 0.410 e. The van der Waals surface area contributed by atoms with Crippen molar-refractivity contribution in [2.24, 2.45) is 0 Å². The Morgan fingerprint density at radius 3 is 2.95 bits per heavy atom. The number of cyclic esters (lactones) is 1. The number of alkyl halides is 1. The molecule has 1 aliphatic rings. The molecule has 2 atom stereocenters. The summed E-state index contributed by atoms with van der Waals surface area (Å²) in [5, 5.41) is 1.89. The molecule has 1 aliphatic heterocycles. The molecule has 0 radical (unpaired) electrons. The van der Waals surface area contributed by atoms with E-state index in [0.29, 0.717) is 12.3 Å². The van der Waals surface area contributed by atoms with Crippen LogP contribution in [0.5, 0.6) is 5.75 Å². The number of fused-ring (bicyclic) bond motifs is 1. The van der Waals surface area contributed by atoms with Gasteiger partial charge >= 0.3 is 6.09 Å². The summed E-state index contributed by atoms with van der Waals surface area (Å²) in [7, 11) is 0. The van der Waals surface area contributed by atoms with Crippen LogP contribution in [-0.2, 0) is 4.74 Å². The van der Waals surface area contributed by atoms with E-state index in [9.17, 15) is 4.79 Å². The predicted molar refractivity (Wildman–Crippen MR) is 84.1 cm³/mol. The van der Waals surface area contributed by atoms with Crippen LogP contribution in [0.2, 0.25) is 0 Å². The lowest BCUT2D eigenvalue weighted by Gasteiger charge is -2.19. The topological polar surface area (TPSA) is 51.7 Å². The molecule has 2 unspecified atom stereocenters. The number of ether oxygens (including phenoxy) is 2. The minimum Gasteiger partial charge on any atom is -0.470 e. The SMILES string of the molecule is CC(C)N1CC(C(Cl)Oc2cccc3cnccc23)OC1=O. The molecule has 0 bridgehead atoms. The van der Waals surface area contributed by atoms with Gasteiger partial charge in [0.1, 0.15) is 5.75 Å². The number of carbonyl (C=O) groups excluding carboxylic acids is 1. The first-order chi connectivity index (χ1) is 10.6. The zero-order valence-electron chi connectivity index (χ0n) is 12.4. The quantitative estimate of drug-likeness (QED) is 0.810. The molecule has 1 aromatic carbocycles. The van der Waals surface area contributed by atoms with Gasteiger partial charge in [0.05, 0.1) is 6.54 Å². The van der Waals surface area contributed by atoms with E-state index in [1.54, 1.807) is 17.3 Å². The first kappa shape index (κ1) is 14.9. The van der Waals surface area contributed by atoms with E-state index in [2.05, 4.69) is 4.98 Å². The van der Waals surface area contributed by atoms with E-state index in [4.69, 9.17) is 21.1 Å². The Balaban J connectivity index is 1.77. The molecular formula is C16H17ClN2O3. The van der Waals surface area contributed by atoms with Gasteiger partial charge in [0.25, 0.3) is 0 Å². The van der Waals surface area contributed by atoms with Gasteiger partial charge in [0, 0.05) is 29.2 Å². The molecule has 0 aliphatic carbocycles. The van der Waals surface area contributed by atoms with Crippen molar-refractivity contribution in [1.82, 2.24) is 9.88 Å². The Morgan fingerprint density at radius 2 is 2.23 bits per heavy atom. The van der Waals surface area contributed by atoms with Crippen LogP contribution in [0.15, 0.2) is 36.7 Å². The fourth-order valence-electron chi connectivity index (χ4n) is 2.45. The average Bonchev–Trinajstić information content (AvgIpc) is 2.90. The number of rotatable bonds is 4. The Hall–Kier alpha value is -2.01. The van der Waals surface area contributed by atoms with Crippen molar-refractivity contribution in [3.63, 3.8) is 0 Å². The fourth-order valence-corrected chi connectivity index (χ4v) is 2.68. The van der Waals surface area contributed by atoms with Gasteiger partial charge in [-0.3, -0.25) is 4.98 Å². The van der Waals surface area contributed by atoms with Crippen LogP contribution in [0, 0.1) is 0 Å². The van der Waals surface area contributed by atoms with Crippen LogP contribution in [0.3, 0.4) is 0 Å². The molecule has 2 heterocycles. The lowest BCUT2D eigenvalue weighted by Crippen LogP contribution is -2.34. The van der Waals surface area contributed by atoms with Crippen LogP contribution in [0.4, 0.5) is 4.79 Å². The summed E-state index contributed by atoms with van der Waals surface area (Å²) in [6, 6.07) is 7.62. The number of pyridine rings is 1. The number of nitrogens with zero attached hydrogens (tertiary/aromatic N) is 2. The normalized spacial score (nSPS) is 19.5. The Labute approximate surface area is 133 Å². The zero-order valence-corrected chi connectivity index (χ0v) is 13.2. The fraction of sp³-hybridized carbons (Fsp3) is 0.375. The van der Waals surface area contributed by atoms with Gasteiger partial charge in [0.15, 0.2) is 6.10 Å². The van der Waals surface area contributed by atoms with Crippen molar-refractivity contribution >= 4 is 28.5 Å². The summed E-state index contributed by atoms with van der Waals surface area (Å²) in [5.41, 5.74) is -0.744. The summed E-state index contributed by atoms with van der Waals surface area (Å²) in [6.07, 6.45) is 2.63. The van der Waals surface area contributed by atoms with Gasteiger partial charge in [-0.25, -0.2) is 4.79 Å². The van der Waals surface area contributed by atoms with Crippen molar-refractivity contribution < 1.29 is 14.3 Å². The van der Waals surface area contributed by atoms with Crippen molar-refractivity contribution in [3.8, 4) is 5.75 Å². The number of amides is 1. The highest BCUT2D eigenvalue weighted by Crippen LogP contribution is 2.28. The third kappa shape index (κ3) is 2.81. The van der Waals surface area contributed by atoms with Crippen LogP contribution in [-0.4, -0.2) is 40.2 Å². The van der Waals surface area contributed by atoms with Gasteiger partial charge in [0.2, 0.25) is 5.56 Å². The molecule has 0 saturated carbocycles. The van der Waals surface area contributed by atoms with Gasteiger partial charge in [-0.15, -0.1) is 0 Å². The number of benzene rings is 1. The third-order valence-electron chi connectivity index (χ3n) is 3.66. The minimum absolute atomic E-state index is 0.0741. The molecule has 22 heavy (non-hydrogen) atoms. The van der Waals surface area contributed by atoms with E-state index in [0.717, 1.165) is 10.8 Å². The number of hydrogen-bond acceptors (Lipinski definition) is 4. The summed E-state index contributed by atoms with van der Waals surface area (Å²) in [5.74, 6) is 0.652. The lowest BCUT2D eigenvalue weighted by atomic mass is 10.1. The standard InChI is InChI=1S/C16H17ClN2O3/c1-10(2)19-9-14(22-16(19)20)15(17)21-13-5-3-4-11-8-18-7-6-12(11)13/h3-8,10,14-15H,9H2,1-2H3. The van der Waals surface area contributed by atoms with Gasteiger partial charge in [-0.2, -0.15) is 0 Å². The molecule has 0 N–H and O–H groups in total. The molecule has 1 amide bonds. The maximum atomic E-state index is 11.8. The molecule has 3 rings (SSSR count). The number of halogens is 1. The summed E-state index contributed by atoms with van der Waals surface area (Å²) >= 11 is 6.32. The van der Waals surface area contributed by atoms with Crippen LogP contribution < -0.4 is 4.74 Å². The van der Waals surface area contributed by atoms with E-state index >= 15 is 0 Å². The predicted octanol–water partition coefficient (Wildman–Crippen LogP) is 3.41. The highest BCUT2D eigenvalue weighted by atomic mass is 35.5. The highest BCUT2D eigenvalue weighted by Gasteiger charge is 2.38. The first-order valence-electron chi connectivity index (χ1n) is 7.17. The smallest absolute Gasteiger partial charge is 0.410 e. The maximum absolute atomic E-state index is 11.8. The van der Waals surface area contributed by atoms with Crippen LogP contribution >= 0.6 is 11.6 Å². The number of carbonyl (C=O) groups is 1. The molecule has 1 fully saturated rings. The first-order valence-corrected chi connectivity index (χ1v) is 7.60. The molecule has 0 spiro atoms. The molecule has 2 aromatic rings. The van der Waals surface area contributed by atoms with E-state index in [-0.39, 0.29) is 12.1 Å². The summed E-state index contributed by atoms with van der Waals surface area (Å²) in [6.45, 7) is 4.30. The van der Waals surface area contributed by atoms with E-state index in [1.807, 2.05) is 38.1 Å². The monoisotopic (exact) mass is 320 g/mol. The molecular weight excluding hydrogens is 304 g/mol. The average molecular weight is 321 g/mol. The lowest BCUT2D eigenvalue weighted by molar-refractivity contribution is 0.0865. The number of aromatic nitrogens is 1. The molecule has 1 aromatic heterocycles. The number of hydrogen-bond donors (Lipinski definition) is 0. The van der Waals surface area contributed by atoms with Crippen molar-refractivity contribution in [2.45, 2.75) is 31.6 Å². The molecule has 116 valence electrons. The second kappa shape index (κ2) is 6.01. The Bertz CT molecular complexity index is 687. The van der Waals surface area contributed by atoms with Crippen LogP contribution in [0.1, 0.15) is 13.8 Å². The second-order valence-electron chi connectivity index (χ2n) is 5.49. The largest absolute Gasteiger partial charge is 0.470 e. The third-order valence-corrected chi connectivity index (χ3v) is 4.03. The highest BCUT2D eigenvalue weighted by molar-refractivity contribution is 6.20. The Kier molecular flexibility index (Phi) is 4.07. The molecule has 6 heteroatoms. The van der Waals surface area contributed by atoms with Gasteiger partial charge in [-0.1, -0.05) is 23.7 Å². The second-order valence-corrected chi connectivity index (χ2v) is 5.92. The van der Waals surface area contributed by atoms with Gasteiger partial charge in [-0.05, 0) is 26.0 Å². The van der Waals surface area contributed by atoms with E-state index < -0.39 is 11.7 Å². The summed E-state index contributed by atoms with van der Waals surface area (Å²) in [4.78, 5) is 17.5. The van der Waals surface area contributed by atoms with Crippen molar-refractivity contribution in [1.29, 1.82) is 0 Å². The molecule has 1 saturated heterocycles. The molecule has 5 nitrogen and oxygen atoms in total. The van der Waals surface area contributed by atoms with Gasteiger partial charge < -0.3 is 14.4 Å². The van der Waals surface area contributed by atoms with Crippen LogP contribution in [0.25, 0.3) is 10.8 Å². The zero-order chi connectivity index (χ0) is 15.7. The van der Waals surface area contributed by atoms with E-state index in [1.165, 1.54) is 0 Å². The summed E-state index contributed by atoms with van der Waals surface area (Å²) < 4.78 is 11.1. The van der Waals surface area contributed by atoms with Crippen molar-refractivity contribution in [2.75, 3.05) is 6.54 Å². The Morgan fingerprint density at radius 1 is 1.41 bits per heavy atom. The van der Waals surface area contributed by atoms with Crippen molar-refractivity contribution in [3.05, 3.63) is 36.7 Å². The minimum atomic E-state index is -0.744.